The van der Waals surface area contributed by atoms with Crippen LogP contribution in [-0.4, -0.2) is 33.4 Å². The van der Waals surface area contributed by atoms with E-state index in [0.29, 0.717) is 0 Å². The average Bonchev–Trinajstić information content (AvgIpc) is 2.81. The number of hydrogen-bond acceptors (Lipinski definition) is 5. The van der Waals surface area contributed by atoms with Crippen LogP contribution in [-0.2, 0) is 0 Å². The second kappa shape index (κ2) is 5.53. The first-order valence-corrected chi connectivity index (χ1v) is 6.79. The van der Waals surface area contributed by atoms with Crippen LogP contribution >= 0.6 is 23.4 Å². The van der Waals surface area contributed by atoms with Gasteiger partial charge in [-0.15, -0.1) is 0 Å². The Morgan fingerprint density at radius 2 is 2.44 bits per heavy atom. The van der Waals surface area contributed by atoms with Gasteiger partial charge in [-0.05, 0) is 18.2 Å². The molecule has 0 bridgehead atoms. The lowest BCUT2D eigenvalue weighted by molar-refractivity contribution is -0.385. The molecule has 1 aliphatic rings. The van der Waals surface area contributed by atoms with Crippen molar-refractivity contribution in [1.29, 1.82) is 0 Å². The maximum atomic E-state index is 12.0. The number of nitrogens with one attached hydrogen (secondary N) is 1. The van der Waals surface area contributed by atoms with Crippen molar-refractivity contribution in [3.05, 3.63) is 33.1 Å². The highest BCUT2D eigenvalue weighted by Crippen LogP contribution is 2.22. The van der Waals surface area contributed by atoms with Crippen LogP contribution in [0, 0.1) is 10.1 Å². The van der Waals surface area contributed by atoms with E-state index in [2.05, 4.69) is 10.3 Å². The summed E-state index contributed by atoms with van der Waals surface area (Å²) in [5.41, 5.74) is -0.376. The van der Waals surface area contributed by atoms with Gasteiger partial charge < -0.3 is 5.32 Å². The molecule has 1 N–H and O–H groups in total. The zero-order valence-corrected chi connectivity index (χ0v) is 10.8. The van der Waals surface area contributed by atoms with Crippen molar-refractivity contribution >= 4 is 35.0 Å². The second-order valence-electron chi connectivity index (χ2n) is 3.82. The van der Waals surface area contributed by atoms with Gasteiger partial charge in [-0.3, -0.25) is 14.9 Å². The van der Waals surface area contributed by atoms with Crippen molar-refractivity contribution < 1.29 is 9.72 Å². The summed E-state index contributed by atoms with van der Waals surface area (Å²) in [6.45, 7) is 0. The van der Waals surface area contributed by atoms with Crippen LogP contribution in [0.1, 0.15) is 16.8 Å². The molecular formula is C10H10ClN3O3S. The summed E-state index contributed by atoms with van der Waals surface area (Å²) in [4.78, 5) is 25.8. The van der Waals surface area contributed by atoms with E-state index in [1.54, 1.807) is 11.8 Å². The number of pyridine rings is 1. The topological polar surface area (TPSA) is 85.1 Å². The Hall–Kier alpha value is -1.34. The summed E-state index contributed by atoms with van der Waals surface area (Å²) in [5.74, 6) is 1.35. The lowest BCUT2D eigenvalue weighted by Crippen LogP contribution is -2.35. The zero-order chi connectivity index (χ0) is 13.1. The summed E-state index contributed by atoms with van der Waals surface area (Å²) in [7, 11) is 0. The highest BCUT2D eigenvalue weighted by atomic mass is 35.5. The fourth-order valence-corrected chi connectivity index (χ4v) is 2.97. The number of halogens is 1. The van der Waals surface area contributed by atoms with Crippen LogP contribution in [0.4, 0.5) is 5.69 Å². The Morgan fingerprint density at radius 1 is 1.67 bits per heavy atom. The molecule has 1 aromatic heterocycles. The van der Waals surface area contributed by atoms with Crippen molar-refractivity contribution in [2.75, 3.05) is 11.5 Å². The van der Waals surface area contributed by atoms with E-state index in [1.807, 2.05) is 0 Å². The predicted molar refractivity (Wildman–Crippen MR) is 69.1 cm³/mol. The summed E-state index contributed by atoms with van der Waals surface area (Å²) in [6.07, 6.45) is 1.88. The molecule has 0 aliphatic carbocycles. The Labute approximate surface area is 112 Å². The Balaban J connectivity index is 2.22. The smallest absolute Gasteiger partial charge is 0.300 e. The van der Waals surface area contributed by atoms with Gasteiger partial charge in [0, 0.05) is 11.8 Å². The van der Waals surface area contributed by atoms with Crippen LogP contribution in [0.5, 0.6) is 0 Å². The molecule has 0 aromatic carbocycles. The normalized spacial score (nSPS) is 18.6. The summed E-state index contributed by atoms with van der Waals surface area (Å²) in [6, 6.07) is 1.28. The first-order valence-electron chi connectivity index (χ1n) is 5.26. The zero-order valence-electron chi connectivity index (χ0n) is 9.26. The first kappa shape index (κ1) is 13.1. The SMILES string of the molecule is O=C(NC1CCSC1)c1cc(Cl)ncc1[N+](=O)[O-]. The molecular weight excluding hydrogens is 278 g/mol. The van der Waals surface area contributed by atoms with Gasteiger partial charge in [0.2, 0.25) is 0 Å². The van der Waals surface area contributed by atoms with Crippen LogP contribution in [0.3, 0.4) is 0 Å². The summed E-state index contributed by atoms with van der Waals surface area (Å²) >= 11 is 7.41. The molecule has 1 atom stereocenters. The minimum absolute atomic E-state index is 0.0445. The number of hydrogen-bond donors (Lipinski definition) is 1. The molecule has 1 aromatic rings. The van der Waals surface area contributed by atoms with E-state index in [-0.39, 0.29) is 22.4 Å². The largest absolute Gasteiger partial charge is 0.348 e. The number of nitro groups is 1. The van der Waals surface area contributed by atoms with Crippen molar-refractivity contribution in [2.45, 2.75) is 12.5 Å². The number of carbonyl (C=O) groups is 1. The van der Waals surface area contributed by atoms with Gasteiger partial charge in [-0.25, -0.2) is 4.98 Å². The number of rotatable bonds is 3. The maximum Gasteiger partial charge on any atom is 0.300 e. The Bertz CT molecular complexity index is 491. The second-order valence-corrected chi connectivity index (χ2v) is 5.35. The number of carbonyl (C=O) groups excluding carboxylic acids is 1. The molecule has 2 rings (SSSR count). The highest BCUT2D eigenvalue weighted by Gasteiger charge is 2.24. The van der Waals surface area contributed by atoms with Gasteiger partial charge in [0.25, 0.3) is 11.6 Å². The molecule has 1 amide bonds. The molecule has 18 heavy (non-hydrogen) atoms. The van der Waals surface area contributed by atoms with Gasteiger partial charge in [-0.1, -0.05) is 11.6 Å². The van der Waals surface area contributed by atoms with Crippen LogP contribution in [0.15, 0.2) is 12.3 Å². The monoisotopic (exact) mass is 287 g/mol. The highest BCUT2D eigenvalue weighted by molar-refractivity contribution is 7.99. The van der Waals surface area contributed by atoms with Crippen molar-refractivity contribution in [3.8, 4) is 0 Å². The number of thioether (sulfide) groups is 1. The van der Waals surface area contributed by atoms with Crippen LogP contribution < -0.4 is 5.32 Å². The molecule has 1 saturated heterocycles. The summed E-state index contributed by atoms with van der Waals surface area (Å²) in [5, 5.41) is 13.6. The molecule has 0 radical (unpaired) electrons. The van der Waals surface area contributed by atoms with Gasteiger partial charge in [0.1, 0.15) is 16.9 Å². The fraction of sp³-hybridized carbons (Fsp3) is 0.400. The van der Waals surface area contributed by atoms with Crippen molar-refractivity contribution in [1.82, 2.24) is 10.3 Å². The third-order valence-electron chi connectivity index (χ3n) is 2.56. The Morgan fingerprint density at radius 3 is 3.06 bits per heavy atom. The van der Waals surface area contributed by atoms with Crippen LogP contribution in [0.2, 0.25) is 5.15 Å². The van der Waals surface area contributed by atoms with E-state index in [1.165, 1.54) is 6.07 Å². The molecule has 8 heteroatoms. The molecule has 96 valence electrons. The third kappa shape index (κ3) is 2.91. The molecule has 1 unspecified atom stereocenters. The van der Waals surface area contributed by atoms with E-state index in [9.17, 15) is 14.9 Å². The molecule has 0 saturated carbocycles. The van der Waals surface area contributed by atoms with Gasteiger partial charge in [0.15, 0.2) is 0 Å². The van der Waals surface area contributed by atoms with E-state index in [4.69, 9.17) is 11.6 Å². The molecule has 2 heterocycles. The number of aromatic nitrogens is 1. The molecule has 1 fully saturated rings. The molecule has 6 nitrogen and oxygen atoms in total. The lowest BCUT2D eigenvalue weighted by Gasteiger charge is -2.11. The standard InChI is InChI=1S/C10H10ClN3O3S/c11-9-3-7(8(4-12-9)14(16)17)10(15)13-6-1-2-18-5-6/h3-4,6H,1-2,5H2,(H,13,15). The predicted octanol–water partition coefficient (Wildman–Crippen LogP) is 1.88. The number of nitrogens with zero attached hydrogens (tertiary/aromatic N) is 2. The van der Waals surface area contributed by atoms with E-state index >= 15 is 0 Å². The molecule has 1 aliphatic heterocycles. The van der Waals surface area contributed by atoms with Crippen molar-refractivity contribution in [2.24, 2.45) is 0 Å². The summed E-state index contributed by atoms with van der Waals surface area (Å²) < 4.78 is 0. The minimum Gasteiger partial charge on any atom is -0.348 e. The van der Waals surface area contributed by atoms with Gasteiger partial charge >= 0.3 is 0 Å². The number of amides is 1. The lowest BCUT2D eigenvalue weighted by atomic mass is 10.2. The third-order valence-corrected chi connectivity index (χ3v) is 3.92. The van der Waals surface area contributed by atoms with E-state index in [0.717, 1.165) is 24.1 Å². The maximum absolute atomic E-state index is 12.0. The van der Waals surface area contributed by atoms with E-state index < -0.39 is 10.8 Å². The van der Waals surface area contributed by atoms with Crippen molar-refractivity contribution in [3.63, 3.8) is 0 Å². The Kier molecular flexibility index (Phi) is 4.03. The molecule has 0 spiro atoms. The van der Waals surface area contributed by atoms with Gasteiger partial charge in [-0.2, -0.15) is 11.8 Å². The fourth-order valence-electron chi connectivity index (χ4n) is 1.66. The van der Waals surface area contributed by atoms with Gasteiger partial charge in [0.05, 0.1) is 4.92 Å². The average molecular weight is 288 g/mol. The quantitative estimate of drug-likeness (QED) is 0.521. The minimum atomic E-state index is -0.637. The first-order chi connectivity index (χ1) is 8.58. The van der Waals surface area contributed by atoms with Crippen LogP contribution in [0.25, 0.3) is 0 Å².